The van der Waals surface area contributed by atoms with Crippen LogP contribution in [0, 0.1) is 32.1 Å². The molecule has 1 aliphatic heterocycles. The summed E-state index contributed by atoms with van der Waals surface area (Å²) >= 11 is 0. The fourth-order valence-corrected chi connectivity index (χ4v) is 3.72. The number of nitrogens with one attached hydrogen (secondary N) is 1. The van der Waals surface area contributed by atoms with Crippen LogP contribution in [0.4, 0.5) is 16.4 Å². The van der Waals surface area contributed by atoms with Gasteiger partial charge >= 0.3 is 6.03 Å². The van der Waals surface area contributed by atoms with Gasteiger partial charge in [-0.25, -0.2) is 14.8 Å². The number of nitrogens with zero attached hydrogens (tertiary/aromatic N) is 5. The van der Waals surface area contributed by atoms with Crippen molar-refractivity contribution < 1.29 is 9.53 Å². The molecule has 1 saturated heterocycles. The fourth-order valence-electron chi connectivity index (χ4n) is 3.72. The lowest BCUT2D eigenvalue weighted by Crippen LogP contribution is -2.59. The Morgan fingerprint density at radius 3 is 2.43 bits per heavy atom. The zero-order valence-corrected chi connectivity index (χ0v) is 18.4. The molecule has 0 bridgehead atoms. The third kappa shape index (κ3) is 4.15. The van der Waals surface area contributed by atoms with E-state index < -0.39 is 0 Å². The summed E-state index contributed by atoms with van der Waals surface area (Å²) in [5, 5.41) is 12.1. The van der Waals surface area contributed by atoms with Crippen LogP contribution in [0.15, 0.2) is 18.2 Å². The Bertz CT molecular complexity index is 977. The van der Waals surface area contributed by atoms with Gasteiger partial charge in [-0.3, -0.25) is 5.32 Å². The molecule has 1 N–H and O–H groups in total. The Kier molecular flexibility index (Phi) is 6.11. The van der Waals surface area contributed by atoms with Crippen molar-refractivity contribution in [2.24, 2.45) is 0 Å². The molecular weight excluding hydrogens is 380 g/mol. The maximum atomic E-state index is 12.9. The zero-order valence-electron chi connectivity index (χ0n) is 18.4. The Labute approximate surface area is 177 Å². The minimum absolute atomic E-state index is 0.0181. The highest BCUT2D eigenvalue weighted by Gasteiger charge is 2.32. The van der Waals surface area contributed by atoms with Crippen molar-refractivity contribution in [3.8, 4) is 11.8 Å². The lowest BCUT2D eigenvalue weighted by molar-refractivity contribution is 0.173. The maximum absolute atomic E-state index is 12.9. The van der Waals surface area contributed by atoms with Gasteiger partial charge in [0.2, 0.25) is 5.95 Å². The third-order valence-electron chi connectivity index (χ3n) is 5.74. The molecule has 2 aromatic rings. The maximum Gasteiger partial charge on any atom is 0.324 e. The average molecular weight is 409 g/mol. The molecular formula is C22H28N6O2. The Morgan fingerprint density at radius 1 is 1.17 bits per heavy atom. The lowest BCUT2D eigenvalue weighted by atomic mass is 10.1. The molecule has 0 saturated carbocycles. The number of nitriles is 1. The second-order valence-corrected chi connectivity index (χ2v) is 7.77. The summed E-state index contributed by atoms with van der Waals surface area (Å²) in [6.07, 6.45) is 0. The van der Waals surface area contributed by atoms with Crippen LogP contribution in [0.3, 0.4) is 0 Å². The van der Waals surface area contributed by atoms with Gasteiger partial charge in [0.15, 0.2) is 0 Å². The van der Waals surface area contributed by atoms with Gasteiger partial charge in [-0.15, -0.1) is 0 Å². The molecule has 1 fully saturated rings. The molecule has 0 radical (unpaired) electrons. The smallest absolute Gasteiger partial charge is 0.324 e. The van der Waals surface area contributed by atoms with Crippen molar-refractivity contribution >= 4 is 17.7 Å². The number of piperazine rings is 1. The van der Waals surface area contributed by atoms with Crippen LogP contribution >= 0.6 is 0 Å². The van der Waals surface area contributed by atoms with Crippen molar-refractivity contribution in [2.45, 2.75) is 46.7 Å². The minimum Gasteiger partial charge on any atom is -0.495 e. The fraction of sp³-hybridized carbons (Fsp3) is 0.455. The highest BCUT2D eigenvalue weighted by molar-refractivity contribution is 5.88. The van der Waals surface area contributed by atoms with Gasteiger partial charge in [-0.1, -0.05) is 0 Å². The minimum atomic E-state index is -0.200. The van der Waals surface area contributed by atoms with Crippen LogP contribution in [0.1, 0.15) is 36.4 Å². The molecule has 8 nitrogen and oxygen atoms in total. The zero-order chi connectivity index (χ0) is 22.0. The number of carbonyl (C=O) groups excluding carboxylic acids is 1. The molecule has 2 amide bonds. The van der Waals surface area contributed by atoms with Crippen molar-refractivity contribution in [1.82, 2.24) is 14.9 Å². The van der Waals surface area contributed by atoms with Crippen molar-refractivity contribution in [1.29, 1.82) is 5.26 Å². The van der Waals surface area contributed by atoms with Crippen LogP contribution in [0.25, 0.3) is 0 Å². The first-order chi connectivity index (χ1) is 14.2. The highest BCUT2D eigenvalue weighted by Crippen LogP contribution is 2.29. The van der Waals surface area contributed by atoms with Gasteiger partial charge in [-0.05, 0) is 52.3 Å². The third-order valence-corrected chi connectivity index (χ3v) is 5.74. The molecule has 8 heteroatoms. The standard InChI is InChI=1S/C22H28N6O2/c1-13-12-28(22(29)26-21-24-16(4)15(3)17(5)25-21)14(2)11-27(13)19-8-7-18(10-23)20(9-19)30-6/h7-9,13-14H,11-12H2,1-6H3,(H,24,25,26,29)/t13-,14+/m0/s1. The summed E-state index contributed by atoms with van der Waals surface area (Å²) in [6, 6.07) is 7.58. The molecule has 2 heterocycles. The molecule has 158 valence electrons. The van der Waals surface area contributed by atoms with E-state index in [4.69, 9.17) is 4.74 Å². The molecule has 0 spiro atoms. The Morgan fingerprint density at radius 2 is 1.83 bits per heavy atom. The van der Waals surface area contributed by atoms with Gasteiger partial charge in [0.05, 0.1) is 12.7 Å². The summed E-state index contributed by atoms with van der Waals surface area (Å²) in [7, 11) is 1.56. The van der Waals surface area contributed by atoms with Gasteiger partial charge < -0.3 is 14.5 Å². The average Bonchev–Trinajstić information content (AvgIpc) is 2.72. The summed E-state index contributed by atoms with van der Waals surface area (Å²) in [5.41, 5.74) is 4.22. The topological polar surface area (TPSA) is 94.4 Å². The summed E-state index contributed by atoms with van der Waals surface area (Å²) < 4.78 is 5.35. The van der Waals surface area contributed by atoms with Crippen LogP contribution in [-0.4, -0.2) is 53.2 Å². The summed E-state index contributed by atoms with van der Waals surface area (Å²) in [5.74, 6) is 0.886. The van der Waals surface area contributed by atoms with E-state index in [1.54, 1.807) is 13.2 Å². The summed E-state index contributed by atoms with van der Waals surface area (Å²) in [4.78, 5) is 25.7. The molecule has 30 heavy (non-hydrogen) atoms. The number of amides is 2. The van der Waals surface area contributed by atoms with E-state index in [0.717, 1.165) is 22.6 Å². The van der Waals surface area contributed by atoms with E-state index >= 15 is 0 Å². The molecule has 2 atom stereocenters. The molecule has 1 aliphatic rings. The number of rotatable bonds is 3. The van der Waals surface area contributed by atoms with E-state index in [9.17, 15) is 10.1 Å². The Balaban J connectivity index is 1.74. The van der Waals surface area contributed by atoms with Gasteiger partial charge in [0, 0.05) is 48.3 Å². The van der Waals surface area contributed by atoms with E-state index in [1.165, 1.54) is 0 Å². The van der Waals surface area contributed by atoms with E-state index in [0.29, 0.717) is 30.4 Å². The number of benzene rings is 1. The van der Waals surface area contributed by atoms with Gasteiger partial charge in [0.25, 0.3) is 0 Å². The van der Waals surface area contributed by atoms with Gasteiger partial charge in [0.1, 0.15) is 11.8 Å². The summed E-state index contributed by atoms with van der Waals surface area (Å²) in [6.45, 7) is 11.1. The van der Waals surface area contributed by atoms with E-state index in [1.807, 2.05) is 44.7 Å². The first-order valence-electron chi connectivity index (χ1n) is 9.99. The van der Waals surface area contributed by atoms with Crippen LogP contribution in [-0.2, 0) is 0 Å². The quantitative estimate of drug-likeness (QED) is 0.836. The van der Waals surface area contributed by atoms with E-state index in [2.05, 4.69) is 33.2 Å². The van der Waals surface area contributed by atoms with Crippen LogP contribution < -0.4 is 15.0 Å². The largest absolute Gasteiger partial charge is 0.495 e. The molecule has 0 aliphatic carbocycles. The molecule has 0 unspecified atom stereocenters. The van der Waals surface area contributed by atoms with Crippen LogP contribution in [0.5, 0.6) is 5.75 Å². The number of ether oxygens (including phenoxy) is 1. The van der Waals surface area contributed by atoms with Crippen LogP contribution in [0.2, 0.25) is 0 Å². The van der Waals surface area contributed by atoms with E-state index in [-0.39, 0.29) is 18.1 Å². The van der Waals surface area contributed by atoms with Crippen molar-refractivity contribution in [2.75, 3.05) is 30.4 Å². The first kappa shape index (κ1) is 21.4. The second-order valence-electron chi connectivity index (χ2n) is 7.77. The Hall–Kier alpha value is -3.34. The van der Waals surface area contributed by atoms with Crippen molar-refractivity contribution in [3.05, 3.63) is 40.7 Å². The molecule has 1 aromatic heterocycles. The number of methoxy groups -OCH3 is 1. The van der Waals surface area contributed by atoms with Gasteiger partial charge in [-0.2, -0.15) is 5.26 Å². The lowest BCUT2D eigenvalue weighted by Gasteiger charge is -2.45. The number of urea groups is 1. The van der Waals surface area contributed by atoms with Crippen molar-refractivity contribution in [3.63, 3.8) is 0 Å². The second kappa shape index (κ2) is 8.57. The SMILES string of the molecule is COc1cc(N2C[C@@H](C)N(C(=O)Nc3nc(C)c(C)c(C)n3)C[C@@H]2C)ccc1C#N. The number of aromatic nitrogens is 2. The number of anilines is 2. The predicted octanol–water partition coefficient (Wildman–Crippen LogP) is 3.41. The first-order valence-corrected chi connectivity index (χ1v) is 9.99. The number of aryl methyl sites for hydroxylation is 2. The monoisotopic (exact) mass is 408 g/mol. The highest BCUT2D eigenvalue weighted by atomic mass is 16.5. The number of hydrogen-bond donors (Lipinski definition) is 1. The normalized spacial score (nSPS) is 18.7. The molecule has 3 rings (SSSR count). The predicted molar refractivity (Wildman–Crippen MR) is 116 cm³/mol. The number of hydrogen-bond acceptors (Lipinski definition) is 6. The molecule has 1 aromatic carbocycles. The number of carbonyl (C=O) groups is 1.